The van der Waals surface area contributed by atoms with E-state index >= 15 is 0 Å². The predicted molar refractivity (Wildman–Crippen MR) is 74.4 cm³/mol. The van der Waals surface area contributed by atoms with Crippen molar-refractivity contribution in [2.24, 2.45) is 0 Å². The van der Waals surface area contributed by atoms with Crippen LogP contribution < -0.4 is 5.32 Å². The second-order valence-corrected chi connectivity index (χ2v) is 5.32. The van der Waals surface area contributed by atoms with E-state index < -0.39 is 0 Å². The molecule has 3 heteroatoms. The summed E-state index contributed by atoms with van der Waals surface area (Å²) < 4.78 is 5.87. The van der Waals surface area contributed by atoms with Gasteiger partial charge in [0.2, 0.25) is 0 Å². The van der Waals surface area contributed by atoms with Gasteiger partial charge in [0.15, 0.2) is 0 Å². The maximum absolute atomic E-state index is 5.87. The van der Waals surface area contributed by atoms with E-state index in [1.165, 1.54) is 32.2 Å². The van der Waals surface area contributed by atoms with E-state index in [4.69, 9.17) is 4.42 Å². The van der Waals surface area contributed by atoms with E-state index in [-0.39, 0.29) is 0 Å². The highest BCUT2D eigenvalue weighted by atomic mass is 16.3. The molecule has 0 aromatic carbocycles. The first-order chi connectivity index (χ1) is 8.79. The smallest absolute Gasteiger partial charge is 0.118 e. The lowest BCUT2D eigenvalue weighted by Gasteiger charge is -2.25. The fourth-order valence-corrected chi connectivity index (χ4v) is 2.62. The minimum absolute atomic E-state index is 0.690. The molecule has 0 amide bonds. The van der Waals surface area contributed by atoms with Gasteiger partial charge in [-0.15, -0.1) is 0 Å². The van der Waals surface area contributed by atoms with Crippen molar-refractivity contribution >= 4 is 0 Å². The van der Waals surface area contributed by atoms with Crippen LogP contribution in [-0.2, 0) is 13.1 Å². The number of nitrogens with one attached hydrogen (secondary N) is 1. The number of rotatable bonds is 5. The largest absolute Gasteiger partial charge is 0.463 e. The van der Waals surface area contributed by atoms with Crippen LogP contribution >= 0.6 is 0 Å². The molecule has 1 N–H and O–H groups in total. The summed E-state index contributed by atoms with van der Waals surface area (Å²) in [6.07, 6.45) is 5.41. The SMILES string of the molecule is CCNCc1ccc(CN2CCCCCC2C)o1. The molecule has 1 saturated heterocycles. The van der Waals surface area contributed by atoms with Gasteiger partial charge < -0.3 is 9.73 Å². The van der Waals surface area contributed by atoms with Crippen molar-refractivity contribution in [3.63, 3.8) is 0 Å². The highest BCUT2D eigenvalue weighted by Crippen LogP contribution is 2.19. The van der Waals surface area contributed by atoms with Crippen LogP contribution in [-0.4, -0.2) is 24.0 Å². The van der Waals surface area contributed by atoms with E-state index in [0.717, 1.165) is 31.2 Å². The van der Waals surface area contributed by atoms with Crippen molar-refractivity contribution in [2.75, 3.05) is 13.1 Å². The topological polar surface area (TPSA) is 28.4 Å². The Morgan fingerprint density at radius 1 is 1.28 bits per heavy atom. The first kappa shape index (κ1) is 13.6. The van der Waals surface area contributed by atoms with Gasteiger partial charge in [0.05, 0.1) is 13.1 Å². The van der Waals surface area contributed by atoms with Crippen molar-refractivity contribution < 1.29 is 4.42 Å². The third-order valence-electron chi connectivity index (χ3n) is 3.82. The van der Waals surface area contributed by atoms with E-state index in [0.29, 0.717) is 6.04 Å². The van der Waals surface area contributed by atoms with Gasteiger partial charge in [-0.2, -0.15) is 0 Å². The van der Waals surface area contributed by atoms with Crippen LogP contribution in [0.4, 0.5) is 0 Å². The number of furan rings is 1. The van der Waals surface area contributed by atoms with Gasteiger partial charge in [-0.25, -0.2) is 0 Å². The van der Waals surface area contributed by atoms with E-state index in [9.17, 15) is 0 Å². The van der Waals surface area contributed by atoms with Gasteiger partial charge in [0.1, 0.15) is 11.5 Å². The fraction of sp³-hybridized carbons (Fsp3) is 0.733. The van der Waals surface area contributed by atoms with Crippen LogP contribution in [0.15, 0.2) is 16.5 Å². The van der Waals surface area contributed by atoms with Crippen molar-refractivity contribution in [1.29, 1.82) is 0 Å². The second kappa shape index (κ2) is 6.95. The van der Waals surface area contributed by atoms with Gasteiger partial charge in [0, 0.05) is 6.04 Å². The van der Waals surface area contributed by atoms with Crippen molar-refractivity contribution in [2.45, 2.75) is 58.7 Å². The summed E-state index contributed by atoms with van der Waals surface area (Å²) in [6.45, 7) is 8.46. The summed E-state index contributed by atoms with van der Waals surface area (Å²) in [5.41, 5.74) is 0. The first-order valence-corrected chi connectivity index (χ1v) is 7.32. The quantitative estimate of drug-likeness (QED) is 0.870. The molecule has 1 aliphatic heterocycles. The van der Waals surface area contributed by atoms with Crippen LogP contribution in [0, 0.1) is 0 Å². The van der Waals surface area contributed by atoms with Crippen LogP contribution in [0.25, 0.3) is 0 Å². The highest BCUT2D eigenvalue weighted by molar-refractivity contribution is 5.07. The van der Waals surface area contributed by atoms with Crippen LogP contribution in [0.1, 0.15) is 51.1 Å². The van der Waals surface area contributed by atoms with Gasteiger partial charge in [0.25, 0.3) is 0 Å². The Balaban J connectivity index is 1.89. The maximum atomic E-state index is 5.87. The molecule has 102 valence electrons. The average molecular weight is 250 g/mol. The van der Waals surface area contributed by atoms with Crippen molar-refractivity contribution in [1.82, 2.24) is 10.2 Å². The number of likely N-dealkylation sites (tertiary alicyclic amines) is 1. The Hall–Kier alpha value is -0.800. The summed E-state index contributed by atoms with van der Waals surface area (Å²) in [6, 6.07) is 4.92. The van der Waals surface area contributed by atoms with Crippen LogP contribution in [0.5, 0.6) is 0 Å². The highest BCUT2D eigenvalue weighted by Gasteiger charge is 2.18. The first-order valence-electron chi connectivity index (χ1n) is 7.32. The van der Waals surface area contributed by atoms with Crippen LogP contribution in [0.3, 0.4) is 0 Å². The summed E-state index contributed by atoms with van der Waals surface area (Å²) >= 11 is 0. The Labute approximate surface area is 111 Å². The lowest BCUT2D eigenvalue weighted by Crippen LogP contribution is -2.31. The third kappa shape index (κ3) is 3.85. The fourth-order valence-electron chi connectivity index (χ4n) is 2.62. The van der Waals surface area contributed by atoms with E-state index in [1.54, 1.807) is 0 Å². The molecule has 0 saturated carbocycles. The van der Waals surface area contributed by atoms with Gasteiger partial charge in [-0.1, -0.05) is 19.8 Å². The van der Waals surface area contributed by atoms with Gasteiger partial charge in [-0.3, -0.25) is 4.90 Å². The Bertz CT molecular complexity index is 348. The third-order valence-corrected chi connectivity index (χ3v) is 3.82. The molecule has 2 rings (SSSR count). The lowest BCUT2D eigenvalue weighted by molar-refractivity contribution is 0.188. The summed E-state index contributed by atoms with van der Waals surface area (Å²) in [5.74, 6) is 2.16. The minimum Gasteiger partial charge on any atom is -0.463 e. The average Bonchev–Trinajstić information content (AvgIpc) is 2.72. The Kier molecular flexibility index (Phi) is 5.26. The molecular formula is C15H26N2O. The zero-order chi connectivity index (χ0) is 12.8. The number of hydrogen-bond acceptors (Lipinski definition) is 3. The number of hydrogen-bond donors (Lipinski definition) is 1. The number of nitrogens with zero attached hydrogens (tertiary/aromatic N) is 1. The summed E-state index contributed by atoms with van der Waals surface area (Å²) in [7, 11) is 0. The standard InChI is InChI=1S/C15H26N2O/c1-3-16-11-14-8-9-15(18-14)12-17-10-6-4-5-7-13(17)2/h8-9,13,16H,3-7,10-12H2,1-2H3. The molecule has 18 heavy (non-hydrogen) atoms. The Morgan fingerprint density at radius 3 is 2.94 bits per heavy atom. The van der Waals surface area contributed by atoms with Gasteiger partial charge in [-0.05, 0) is 45.0 Å². The zero-order valence-corrected chi connectivity index (χ0v) is 11.7. The molecule has 3 nitrogen and oxygen atoms in total. The van der Waals surface area contributed by atoms with Crippen molar-refractivity contribution in [3.05, 3.63) is 23.7 Å². The molecule has 1 aromatic rings. The molecule has 0 aliphatic carbocycles. The molecule has 0 spiro atoms. The van der Waals surface area contributed by atoms with Gasteiger partial charge >= 0.3 is 0 Å². The minimum atomic E-state index is 0.690. The zero-order valence-electron chi connectivity index (χ0n) is 11.7. The molecule has 1 unspecified atom stereocenters. The molecule has 0 radical (unpaired) electrons. The molecule has 0 bridgehead atoms. The predicted octanol–water partition coefficient (Wildman–Crippen LogP) is 3.15. The molecule has 1 aromatic heterocycles. The monoisotopic (exact) mass is 250 g/mol. The normalized spacial score (nSPS) is 22.0. The summed E-state index contributed by atoms with van der Waals surface area (Å²) in [4.78, 5) is 2.56. The summed E-state index contributed by atoms with van der Waals surface area (Å²) in [5, 5.41) is 3.29. The van der Waals surface area contributed by atoms with E-state index in [1.807, 2.05) is 0 Å². The van der Waals surface area contributed by atoms with E-state index in [2.05, 4.69) is 36.2 Å². The van der Waals surface area contributed by atoms with Crippen LogP contribution in [0.2, 0.25) is 0 Å². The molecule has 1 aliphatic rings. The molecular weight excluding hydrogens is 224 g/mol. The molecule has 1 atom stereocenters. The molecule has 1 fully saturated rings. The van der Waals surface area contributed by atoms with Crippen molar-refractivity contribution in [3.8, 4) is 0 Å². The second-order valence-electron chi connectivity index (χ2n) is 5.32. The lowest BCUT2D eigenvalue weighted by atomic mass is 10.1. The Morgan fingerprint density at radius 2 is 2.11 bits per heavy atom. The molecule has 2 heterocycles. The maximum Gasteiger partial charge on any atom is 0.118 e.